The molecule has 0 aliphatic carbocycles. The summed E-state index contributed by atoms with van der Waals surface area (Å²) in [4.78, 5) is 10.7. The van der Waals surface area contributed by atoms with E-state index in [9.17, 15) is 4.79 Å². The number of hydrogen-bond acceptors (Lipinski definition) is 4. The molecule has 7 heteroatoms. The Morgan fingerprint density at radius 3 is 2.00 bits per heavy atom. The van der Waals surface area contributed by atoms with Gasteiger partial charge in [0, 0.05) is 5.56 Å². The molecule has 0 bridgehead atoms. The topological polar surface area (TPSA) is 112 Å². The molecule has 0 saturated heterocycles. The molecular formula is C8H10O6S. The van der Waals surface area contributed by atoms with Gasteiger partial charge >= 0.3 is 10.4 Å². The number of carbonyl (C=O) groups excluding carboxylic acids is 1. The maximum atomic E-state index is 10.7. The normalized spacial score (nSPS) is 10.1. The molecule has 0 amide bonds. The molecule has 0 unspecified atom stereocenters. The molecule has 1 rings (SSSR count). The summed E-state index contributed by atoms with van der Waals surface area (Å²) in [5, 5.41) is 8.91. The summed E-state index contributed by atoms with van der Waals surface area (Å²) < 4.78 is 31.6. The highest BCUT2D eigenvalue weighted by atomic mass is 32.3. The first-order valence-electron chi connectivity index (χ1n) is 3.70. The zero-order valence-corrected chi connectivity index (χ0v) is 8.60. The number of phenolic OH excluding ortho intramolecular Hbond substituents is 1. The Kier molecular flexibility index (Phi) is 4.92. The lowest BCUT2D eigenvalue weighted by molar-refractivity contribution is 0.101. The van der Waals surface area contributed by atoms with Gasteiger partial charge in [-0.1, -0.05) is 12.1 Å². The Morgan fingerprint density at radius 2 is 1.73 bits per heavy atom. The first kappa shape index (κ1) is 13.6. The first-order chi connectivity index (χ1) is 6.70. The van der Waals surface area contributed by atoms with Crippen LogP contribution in [0.25, 0.3) is 0 Å². The van der Waals surface area contributed by atoms with E-state index in [4.69, 9.17) is 22.6 Å². The number of ketones is 1. The standard InChI is InChI=1S/C8H8O2.H2O4S/c1-6(9)7-3-2-4-8(10)5-7;1-5(2,3)4/h2-5,10H,1H3;(H2,1,2,3,4). The number of hydrogen-bond donors (Lipinski definition) is 3. The third-order valence-corrected chi connectivity index (χ3v) is 1.25. The number of aromatic hydroxyl groups is 1. The molecule has 0 atom stereocenters. The van der Waals surface area contributed by atoms with Gasteiger partial charge in [0.25, 0.3) is 0 Å². The minimum absolute atomic E-state index is 0.0316. The molecule has 0 aliphatic rings. The fourth-order valence-corrected chi connectivity index (χ4v) is 0.725. The van der Waals surface area contributed by atoms with Crippen molar-refractivity contribution < 1.29 is 27.4 Å². The summed E-state index contributed by atoms with van der Waals surface area (Å²) in [6.45, 7) is 1.47. The van der Waals surface area contributed by atoms with Crippen LogP contribution in [-0.2, 0) is 10.4 Å². The zero-order chi connectivity index (χ0) is 12.1. The largest absolute Gasteiger partial charge is 0.508 e. The van der Waals surface area contributed by atoms with Crippen molar-refractivity contribution in [3.63, 3.8) is 0 Å². The third-order valence-electron chi connectivity index (χ3n) is 1.25. The molecule has 0 radical (unpaired) electrons. The van der Waals surface area contributed by atoms with Crippen molar-refractivity contribution in [3.05, 3.63) is 29.8 Å². The lowest BCUT2D eigenvalue weighted by Gasteiger charge is -1.93. The molecule has 0 aromatic heterocycles. The van der Waals surface area contributed by atoms with Crippen LogP contribution in [0.15, 0.2) is 24.3 Å². The van der Waals surface area contributed by atoms with Crippen molar-refractivity contribution in [3.8, 4) is 5.75 Å². The van der Waals surface area contributed by atoms with E-state index in [1.807, 2.05) is 0 Å². The van der Waals surface area contributed by atoms with Gasteiger partial charge in [-0.2, -0.15) is 8.42 Å². The molecule has 0 fully saturated rings. The van der Waals surface area contributed by atoms with E-state index in [2.05, 4.69) is 0 Å². The van der Waals surface area contributed by atoms with E-state index >= 15 is 0 Å². The summed E-state index contributed by atoms with van der Waals surface area (Å²) in [5.74, 6) is 0.101. The van der Waals surface area contributed by atoms with Gasteiger partial charge in [0.05, 0.1) is 0 Å². The summed E-state index contributed by atoms with van der Waals surface area (Å²) in [6.07, 6.45) is 0. The van der Waals surface area contributed by atoms with Gasteiger partial charge in [-0.25, -0.2) is 0 Å². The van der Waals surface area contributed by atoms with Crippen molar-refractivity contribution >= 4 is 16.2 Å². The van der Waals surface area contributed by atoms with E-state index in [1.165, 1.54) is 19.1 Å². The minimum Gasteiger partial charge on any atom is -0.508 e. The molecule has 0 heterocycles. The van der Waals surface area contributed by atoms with E-state index in [-0.39, 0.29) is 11.5 Å². The van der Waals surface area contributed by atoms with Crippen molar-refractivity contribution in [2.45, 2.75) is 6.92 Å². The van der Waals surface area contributed by atoms with Crippen LogP contribution in [0.5, 0.6) is 5.75 Å². The van der Waals surface area contributed by atoms with E-state index in [0.29, 0.717) is 5.56 Å². The van der Waals surface area contributed by atoms with Gasteiger partial charge in [0.15, 0.2) is 5.78 Å². The zero-order valence-electron chi connectivity index (χ0n) is 7.78. The number of benzene rings is 1. The molecule has 0 saturated carbocycles. The molecule has 15 heavy (non-hydrogen) atoms. The third kappa shape index (κ3) is 8.88. The van der Waals surface area contributed by atoms with Gasteiger partial charge in [-0.15, -0.1) is 0 Å². The fraction of sp³-hybridized carbons (Fsp3) is 0.125. The Labute approximate surface area is 86.8 Å². The molecule has 0 spiro atoms. The van der Waals surface area contributed by atoms with Crippen molar-refractivity contribution in [1.29, 1.82) is 0 Å². The monoisotopic (exact) mass is 234 g/mol. The molecule has 1 aromatic rings. The predicted molar refractivity (Wildman–Crippen MR) is 52.3 cm³/mol. The Bertz CT molecular complexity index is 428. The second-order valence-electron chi connectivity index (χ2n) is 2.55. The van der Waals surface area contributed by atoms with Gasteiger partial charge in [0.1, 0.15) is 5.75 Å². The summed E-state index contributed by atoms with van der Waals surface area (Å²) in [6, 6.07) is 6.29. The van der Waals surface area contributed by atoms with Crippen LogP contribution in [0.2, 0.25) is 0 Å². The van der Waals surface area contributed by atoms with Gasteiger partial charge in [-0.3, -0.25) is 13.9 Å². The average Bonchev–Trinajstić information content (AvgIpc) is 2.00. The Morgan fingerprint density at radius 1 is 1.27 bits per heavy atom. The van der Waals surface area contributed by atoms with Gasteiger partial charge in [-0.05, 0) is 19.1 Å². The molecule has 1 aromatic carbocycles. The van der Waals surface area contributed by atoms with Crippen LogP contribution in [0.4, 0.5) is 0 Å². The highest BCUT2D eigenvalue weighted by Gasteiger charge is 1.97. The highest BCUT2D eigenvalue weighted by molar-refractivity contribution is 7.79. The second-order valence-corrected chi connectivity index (χ2v) is 3.45. The lowest BCUT2D eigenvalue weighted by Crippen LogP contribution is -1.89. The van der Waals surface area contributed by atoms with Gasteiger partial charge in [0.2, 0.25) is 0 Å². The van der Waals surface area contributed by atoms with Gasteiger partial charge < -0.3 is 5.11 Å². The SMILES string of the molecule is CC(=O)c1cccc(O)c1.O=S(=O)(O)O. The maximum absolute atomic E-state index is 10.7. The first-order valence-corrected chi connectivity index (χ1v) is 5.09. The van der Waals surface area contributed by atoms with Crippen LogP contribution in [0.1, 0.15) is 17.3 Å². The number of rotatable bonds is 1. The lowest BCUT2D eigenvalue weighted by atomic mass is 10.1. The number of Topliss-reactive ketones (excluding diaryl/α,β-unsaturated/α-hetero) is 1. The molecule has 84 valence electrons. The molecule has 6 nitrogen and oxygen atoms in total. The van der Waals surface area contributed by atoms with Crippen molar-refractivity contribution in [2.24, 2.45) is 0 Å². The fourth-order valence-electron chi connectivity index (χ4n) is 0.725. The Balaban J connectivity index is 0.000000336. The summed E-state index contributed by atoms with van der Waals surface area (Å²) in [7, 11) is -4.67. The van der Waals surface area contributed by atoms with Crippen molar-refractivity contribution in [2.75, 3.05) is 0 Å². The molecule has 3 N–H and O–H groups in total. The van der Waals surface area contributed by atoms with Crippen LogP contribution in [-0.4, -0.2) is 28.4 Å². The summed E-state index contributed by atoms with van der Waals surface area (Å²) >= 11 is 0. The molecular weight excluding hydrogens is 224 g/mol. The van der Waals surface area contributed by atoms with Crippen LogP contribution in [0, 0.1) is 0 Å². The quantitative estimate of drug-likeness (QED) is 0.492. The Hall–Kier alpha value is -1.44. The van der Waals surface area contributed by atoms with Crippen LogP contribution >= 0.6 is 0 Å². The van der Waals surface area contributed by atoms with E-state index < -0.39 is 10.4 Å². The van der Waals surface area contributed by atoms with E-state index in [0.717, 1.165) is 0 Å². The van der Waals surface area contributed by atoms with Crippen LogP contribution in [0.3, 0.4) is 0 Å². The molecule has 0 aliphatic heterocycles. The second kappa shape index (κ2) is 5.44. The maximum Gasteiger partial charge on any atom is 0.394 e. The number of phenols is 1. The van der Waals surface area contributed by atoms with E-state index in [1.54, 1.807) is 12.1 Å². The minimum atomic E-state index is -4.67. The average molecular weight is 234 g/mol. The van der Waals surface area contributed by atoms with Crippen LogP contribution < -0.4 is 0 Å². The predicted octanol–water partition coefficient (Wildman–Crippen LogP) is 0.942. The smallest absolute Gasteiger partial charge is 0.394 e. The summed E-state index contributed by atoms with van der Waals surface area (Å²) in [5.41, 5.74) is 0.542. The van der Waals surface area contributed by atoms with Crippen molar-refractivity contribution in [1.82, 2.24) is 0 Å². The number of carbonyl (C=O) groups is 1. The highest BCUT2D eigenvalue weighted by Crippen LogP contribution is 2.10.